The Kier molecular flexibility index (Phi) is 13.0. The van der Waals surface area contributed by atoms with E-state index in [9.17, 15) is 36.0 Å². The molecule has 1 heterocycles. The maximum absolute atomic E-state index is 16.3. The number of nitrogens with one attached hydrogen (secondary N) is 2. The molecule has 4 rings (SSSR count). The van der Waals surface area contributed by atoms with Crippen LogP contribution in [-0.4, -0.2) is 74.0 Å². The van der Waals surface area contributed by atoms with Crippen LogP contribution in [0.5, 0.6) is 5.75 Å². The van der Waals surface area contributed by atoms with Crippen LogP contribution < -0.4 is 19.7 Å². The van der Waals surface area contributed by atoms with E-state index in [0.29, 0.717) is 18.4 Å². The maximum atomic E-state index is 16.3. The van der Waals surface area contributed by atoms with Gasteiger partial charge in [0.25, 0.3) is 5.91 Å². The lowest BCUT2D eigenvalue weighted by atomic mass is 10.0. The molecule has 0 spiro atoms. The van der Waals surface area contributed by atoms with Gasteiger partial charge >= 0.3 is 12.5 Å². The van der Waals surface area contributed by atoms with Gasteiger partial charge in [0.15, 0.2) is 11.6 Å². The lowest BCUT2D eigenvalue weighted by molar-refractivity contribution is -0.274. The highest BCUT2D eigenvalue weighted by Gasteiger charge is 2.34. The van der Waals surface area contributed by atoms with Crippen molar-refractivity contribution in [2.24, 2.45) is 0 Å². The lowest BCUT2D eigenvalue weighted by Gasteiger charge is -2.30. The average Bonchev–Trinajstić information content (AvgIpc) is 3.03. The Morgan fingerprint density at radius 2 is 1.62 bits per heavy atom. The molecule has 0 radical (unpaired) electrons. The second kappa shape index (κ2) is 16.9. The molecule has 288 valence electrons. The Bertz CT molecular complexity index is 1880. The molecular weight excluding hydrogens is 720 g/mol. The van der Waals surface area contributed by atoms with Crippen molar-refractivity contribution in [2.45, 2.75) is 84.5 Å². The highest BCUT2D eigenvalue weighted by molar-refractivity contribution is 7.92. The van der Waals surface area contributed by atoms with E-state index in [-0.39, 0.29) is 48.2 Å². The summed E-state index contributed by atoms with van der Waals surface area (Å²) in [5, 5.41) is 5.68. The van der Waals surface area contributed by atoms with Gasteiger partial charge in [-0.25, -0.2) is 17.6 Å². The fourth-order valence-corrected chi connectivity index (χ4v) is 7.26. The van der Waals surface area contributed by atoms with Gasteiger partial charge in [0.2, 0.25) is 10.0 Å². The van der Waals surface area contributed by atoms with Crippen LogP contribution in [0.3, 0.4) is 0 Å². The number of Topliss-reactive ketones (excluding diaryl/α,β-unsaturated/α-hetero) is 1. The predicted molar refractivity (Wildman–Crippen MR) is 192 cm³/mol. The van der Waals surface area contributed by atoms with E-state index in [0.717, 1.165) is 21.3 Å². The normalized spacial score (nSPS) is 15.0. The van der Waals surface area contributed by atoms with Crippen molar-refractivity contribution in [3.05, 3.63) is 89.2 Å². The molecule has 0 aliphatic carbocycles. The Hall–Kier alpha value is -4.86. The second-order valence-corrected chi connectivity index (χ2v) is 16.0. The van der Waals surface area contributed by atoms with Crippen molar-refractivity contribution < 1.29 is 49.8 Å². The zero-order valence-electron chi connectivity index (χ0n) is 30.1. The Labute approximate surface area is 306 Å². The molecule has 3 aromatic rings. The molecule has 1 aliphatic rings. The molecule has 53 heavy (non-hydrogen) atoms. The van der Waals surface area contributed by atoms with Crippen molar-refractivity contribution in [3.8, 4) is 5.75 Å². The zero-order chi connectivity index (χ0) is 39.1. The topological polar surface area (TPSA) is 134 Å². The number of hydrogen-bond acceptors (Lipinski definition) is 8. The highest BCUT2D eigenvalue weighted by Crippen LogP contribution is 2.32. The molecular formula is C37H44F4N4O7S. The number of nitrogens with zero attached hydrogens (tertiary/aromatic N) is 2. The summed E-state index contributed by atoms with van der Waals surface area (Å²) in [6.07, 6.45) is -5.10. The molecule has 0 aromatic heterocycles. The van der Waals surface area contributed by atoms with Gasteiger partial charge in [-0.2, -0.15) is 0 Å². The summed E-state index contributed by atoms with van der Waals surface area (Å²) in [6.45, 7) is 7.41. The van der Waals surface area contributed by atoms with Crippen molar-refractivity contribution in [3.63, 3.8) is 0 Å². The number of ether oxygens (including phenoxy) is 2. The molecule has 1 atom stereocenters. The van der Waals surface area contributed by atoms with E-state index < -0.39 is 69.5 Å². The van der Waals surface area contributed by atoms with Gasteiger partial charge in [0, 0.05) is 24.8 Å². The van der Waals surface area contributed by atoms with Crippen LogP contribution in [0.2, 0.25) is 0 Å². The molecule has 2 N–H and O–H groups in total. The number of halogens is 4. The predicted octanol–water partition coefficient (Wildman–Crippen LogP) is 6.82. The van der Waals surface area contributed by atoms with E-state index in [2.05, 4.69) is 15.4 Å². The minimum absolute atomic E-state index is 0.0201. The first-order valence-corrected chi connectivity index (χ1v) is 18.6. The summed E-state index contributed by atoms with van der Waals surface area (Å²) in [4.78, 5) is 42.4. The third-order valence-electron chi connectivity index (χ3n) is 7.85. The quantitative estimate of drug-likeness (QED) is 0.181. The summed E-state index contributed by atoms with van der Waals surface area (Å²) in [5.41, 5.74) is -0.750. The van der Waals surface area contributed by atoms with Crippen molar-refractivity contribution in [1.29, 1.82) is 0 Å². The number of sulfonamides is 1. The van der Waals surface area contributed by atoms with Crippen LogP contribution in [0.1, 0.15) is 68.9 Å². The number of hydrogen-bond donors (Lipinski definition) is 2. The molecule has 0 unspecified atom stereocenters. The van der Waals surface area contributed by atoms with Crippen LogP contribution in [-0.2, 0) is 32.5 Å². The first kappa shape index (κ1) is 40.9. The largest absolute Gasteiger partial charge is 0.573 e. The monoisotopic (exact) mass is 764 g/mol. The third kappa shape index (κ3) is 12.1. The van der Waals surface area contributed by atoms with Crippen LogP contribution >= 0.6 is 0 Å². The molecule has 11 nitrogen and oxygen atoms in total. The van der Waals surface area contributed by atoms with E-state index in [1.807, 2.05) is 13.8 Å². The fraction of sp³-hybridized carbons (Fsp3) is 0.432. The number of rotatable bonds is 13. The number of alkyl halides is 3. The van der Waals surface area contributed by atoms with Crippen LogP contribution in [0.25, 0.3) is 0 Å². The summed E-state index contributed by atoms with van der Waals surface area (Å²) >= 11 is 0. The molecule has 1 fully saturated rings. The van der Waals surface area contributed by atoms with Crippen LogP contribution in [0, 0.1) is 5.82 Å². The smallest absolute Gasteiger partial charge is 0.444 e. The second-order valence-electron chi connectivity index (χ2n) is 14.0. The molecule has 0 bridgehead atoms. The van der Waals surface area contributed by atoms with Crippen molar-refractivity contribution in [2.75, 3.05) is 28.5 Å². The van der Waals surface area contributed by atoms with Gasteiger partial charge in [-0.1, -0.05) is 42.5 Å². The Balaban J connectivity index is 1.70. The molecule has 2 amide bonds. The number of amides is 2. The molecule has 3 aromatic carbocycles. The van der Waals surface area contributed by atoms with E-state index in [1.165, 1.54) is 24.3 Å². The maximum Gasteiger partial charge on any atom is 0.573 e. The van der Waals surface area contributed by atoms with E-state index in [4.69, 9.17) is 4.74 Å². The highest BCUT2D eigenvalue weighted by atomic mass is 32.2. The zero-order valence-corrected chi connectivity index (χ0v) is 30.9. The fourth-order valence-electron chi connectivity index (χ4n) is 5.63. The Morgan fingerprint density at radius 3 is 2.25 bits per heavy atom. The van der Waals surface area contributed by atoms with Crippen molar-refractivity contribution >= 4 is 39.2 Å². The number of carbonyl (C=O) groups excluding carboxylic acids is 3. The van der Waals surface area contributed by atoms with Gasteiger partial charge < -0.3 is 20.1 Å². The van der Waals surface area contributed by atoms with Crippen LogP contribution in [0.4, 0.5) is 33.7 Å². The van der Waals surface area contributed by atoms with Gasteiger partial charge in [-0.05, 0) is 89.3 Å². The van der Waals surface area contributed by atoms with Gasteiger partial charge in [0.05, 0.1) is 29.6 Å². The number of ketones is 1. The first-order chi connectivity index (χ1) is 24.7. The number of carbonyl (C=O) groups is 3. The lowest BCUT2D eigenvalue weighted by Crippen LogP contribution is -2.48. The van der Waals surface area contributed by atoms with Gasteiger partial charge in [-0.15, -0.1) is 13.2 Å². The van der Waals surface area contributed by atoms with Gasteiger partial charge in [0.1, 0.15) is 11.4 Å². The van der Waals surface area contributed by atoms with Crippen LogP contribution in [0.15, 0.2) is 66.7 Å². The number of benzene rings is 3. The van der Waals surface area contributed by atoms with Crippen molar-refractivity contribution in [1.82, 2.24) is 10.2 Å². The standard InChI is InChI=1S/C37H44F4N4O7S/c1-24(2)42-27-20-29(33(38)31(21-27)45-16-9-10-17-53(45,49)50)34(47)43-30(19-25-12-7-6-8-13-25)32(46)23-44(35(48)52-36(3,4)5)22-26-14-11-15-28(18-26)51-37(39,40)41/h6-8,11-15,18,20-21,24,30,42H,9-10,16-17,19,22-23H2,1-5H3,(H,43,47)/t30-/m0/s1. The third-order valence-corrected chi connectivity index (χ3v) is 9.71. The summed E-state index contributed by atoms with van der Waals surface area (Å²) in [5.74, 6) is -3.53. The summed E-state index contributed by atoms with van der Waals surface area (Å²) in [6, 6.07) is 14.5. The summed E-state index contributed by atoms with van der Waals surface area (Å²) < 4.78 is 91.5. The van der Waals surface area contributed by atoms with Gasteiger partial charge in [-0.3, -0.25) is 18.8 Å². The van der Waals surface area contributed by atoms with E-state index in [1.54, 1.807) is 51.1 Å². The number of anilines is 2. The summed E-state index contributed by atoms with van der Waals surface area (Å²) in [7, 11) is -3.87. The minimum Gasteiger partial charge on any atom is -0.444 e. The molecule has 1 aliphatic heterocycles. The molecule has 16 heteroatoms. The van der Waals surface area contributed by atoms with E-state index >= 15 is 4.39 Å². The molecule has 0 saturated carbocycles. The SMILES string of the molecule is CC(C)Nc1cc(C(=O)N[C@@H](Cc2ccccc2)C(=O)CN(Cc2cccc(OC(F)(F)F)c2)C(=O)OC(C)(C)C)c(F)c(N2CCCCS2(=O)=O)c1. The molecule has 1 saturated heterocycles. The first-order valence-electron chi connectivity index (χ1n) is 17.0. The Morgan fingerprint density at radius 1 is 0.943 bits per heavy atom. The minimum atomic E-state index is -4.96. The average molecular weight is 765 g/mol.